The van der Waals surface area contributed by atoms with Gasteiger partial charge >= 0.3 is 0 Å². The molecule has 0 saturated carbocycles. The molecule has 0 rings (SSSR count). The predicted molar refractivity (Wildman–Crippen MR) is 57.0 cm³/mol. The summed E-state index contributed by atoms with van der Waals surface area (Å²) in [4.78, 5) is 0. The van der Waals surface area contributed by atoms with Gasteiger partial charge in [0.25, 0.3) is 0 Å². The molecule has 0 atom stereocenters. The van der Waals surface area contributed by atoms with Gasteiger partial charge in [-0.25, -0.2) is 0 Å². The lowest BCUT2D eigenvalue weighted by atomic mass is 10.2. The van der Waals surface area contributed by atoms with E-state index in [0.717, 1.165) is 6.04 Å². The quantitative estimate of drug-likeness (QED) is 0.372. The van der Waals surface area contributed by atoms with Crippen LogP contribution in [0.4, 0.5) is 0 Å². The van der Waals surface area contributed by atoms with Crippen molar-refractivity contribution in [2.45, 2.75) is 39.3 Å². The van der Waals surface area contributed by atoms with Crippen LogP contribution in [0.1, 0.15) is 27.7 Å². The van der Waals surface area contributed by atoms with Gasteiger partial charge in [-0.2, -0.15) is 0 Å². The van der Waals surface area contributed by atoms with E-state index in [0.29, 0.717) is 23.0 Å². The second-order valence-electron chi connectivity index (χ2n) is 3.73. The van der Waals surface area contributed by atoms with Gasteiger partial charge in [0.2, 0.25) is 9.76 Å². The minimum Gasteiger partial charge on any atom is -0.415 e. The molecule has 0 aromatic carbocycles. The van der Waals surface area contributed by atoms with Crippen molar-refractivity contribution in [3.63, 3.8) is 0 Å². The number of ether oxygens (including phenoxy) is 1. The molecule has 2 radical (unpaired) electrons. The Kier molecular flexibility index (Phi) is 7.23. The van der Waals surface area contributed by atoms with E-state index in [9.17, 15) is 0 Å². The van der Waals surface area contributed by atoms with E-state index >= 15 is 0 Å². The second-order valence-corrected chi connectivity index (χ2v) is 4.71. The van der Waals surface area contributed by atoms with Crippen molar-refractivity contribution >= 4 is 9.76 Å². The summed E-state index contributed by atoms with van der Waals surface area (Å²) < 4.78 is 10.9. The average molecular weight is 200 g/mol. The molecule has 0 aliphatic carbocycles. The van der Waals surface area contributed by atoms with E-state index < -0.39 is 0 Å². The predicted octanol–water partition coefficient (Wildman–Crippen LogP) is 2.43. The van der Waals surface area contributed by atoms with Gasteiger partial charge in [-0.05, 0) is 33.7 Å². The van der Waals surface area contributed by atoms with E-state index in [1.54, 1.807) is 0 Å². The Bertz CT molecular complexity index is 138. The van der Waals surface area contributed by atoms with Gasteiger partial charge in [0.15, 0.2) is 0 Å². The molecule has 0 unspecified atom stereocenters. The highest BCUT2D eigenvalue weighted by Crippen LogP contribution is 2.05. The fourth-order valence-electron chi connectivity index (χ4n) is 0.687. The summed E-state index contributed by atoms with van der Waals surface area (Å²) in [7, 11) is 0.566. The third kappa shape index (κ3) is 11.9. The second kappa shape index (κ2) is 7.30. The van der Waals surface area contributed by atoms with Gasteiger partial charge in [-0.15, -0.1) is 0 Å². The molecule has 76 valence electrons. The number of allylic oxidation sites excluding steroid dienone is 2. The molecule has 0 aromatic heterocycles. The van der Waals surface area contributed by atoms with Crippen LogP contribution in [0, 0.1) is 0 Å². The van der Waals surface area contributed by atoms with E-state index in [4.69, 9.17) is 9.16 Å². The highest BCUT2D eigenvalue weighted by molar-refractivity contribution is 6.27. The average Bonchev–Trinajstić information content (AvgIpc) is 2.01. The van der Waals surface area contributed by atoms with Crippen molar-refractivity contribution in [3.8, 4) is 0 Å². The zero-order chi connectivity index (χ0) is 10.2. The first-order valence-corrected chi connectivity index (χ1v) is 5.77. The topological polar surface area (TPSA) is 18.5 Å². The number of hydrogen-bond acceptors (Lipinski definition) is 2. The van der Waals surface area contributed by atoms with Crippen LogP contribution in [0.25, 0.3) is 0 Å². The molecule has 0 heterocycles. The van der Waals surface area contributed by atoms with E-state index in [1.807, 2.05) is 13.0 Å². The summed E-state index contributed by atoms with van der Waals surface area (Å²) in [6.45, 7) is 9.56. The van der Waals surface area contributed by atoms with Crippen LogP contribution >= 0.6 is 0 Å². The van der Waals surface area contributed by atoms with Crippen molar-refractivity contribution in [3.05, 3.63) is 12.2 Å². The standard InChI is InChI=1S/C10H20O2Si/c1-5-6-9-13-12-8-7-11-10(2,3)4/h5-6H,7-9H2,1-4H3/b6-5+. The molecule has 0 spiro atoms. The molecule has 0 N–H and O–H groups in total. The minimum atomic E-state index is -0.0458. The Balaban J connectivity index is 3.09. The maximum Gasteiger partial charge on any atom is 0.233 e. The maximum atomic E-state index is 5.50. The normalized spacial score (nSPS) is 12.6. The van der Waals surface area contributed by atoms with Crippen LogP contribution in [-0.2, 0) is 9.16 Å². The Hall–Kier alpha value is -0.123. The fraction of sp³-hybridized carbons (Fsp3) is 0.800. The zero-order valence-electron chi connectivity index (χ0n) is 9.09. The summed E-state index contributed by atoms with van der Waals surface area (Å²) in [6, 6.07) is 1.02. The molecule has 0 aliphatic rings. The van der Waals surface area contributed by atoms with Gasteiger partial charge in [0, 0.05) is 0 Å². The van der Waals surface area contributed by atoms with Gasteiger partial charge < -0.3 is 9.16 Å². The smallest absolute Gasteiger partial charge is 0.233 e. The summed E-state index contributed by atoms with van der Waals surface area (Å²) >= 11 is 0. The molecule has 0 fully saturated rings. The van der Waals surface area contributed by atoms with Crippen LogP contribution < -0.4 is 0 Å². The van der Waals surface area contributed by atoms with Crippen molar-refractivity contribution in [1.29, 1.82) is 0 Å². The lowest BCUT2D eigenvalue weighted by Gasteiger charge is -2.19. The van der Waals surface area contributed by atoms with Crippen LogP contribution in [0.15, 0.2) is 12.2 Å². The van der Waals surface area contributed by atoms with Gasteiger partial charge in [-0.1, -0.05) is 12.2 Å². The Morgan fingerprint density at radius 1 is 1.23 bits per heavy atom. The molecule has 13 heavy (non-hydrogen) atoms. The van der Waals surface area contributed by atoms with Crippen molar-refractivity contribution in [2.24, 2.45) is 0 Å². The van der Waals surface area contributed by atoms with E-state index in [2.05, 4.69) is 26.8 Å². The van der Waals surface area contributed by atoms with E-state index in [-0.39, 0.29) is 5.60 Å². The molecule has 0 saturated heterocycles. The molecule has 0 aromatic rings. The zero-order valence-corrected chi connectivity index (χ0v) is 10.1. The highest BCUT2D eigenvalue weighted by atomic mass is 28.2. The summed E-state index contributed by atoms with van der Waals surface area (Å²) in [5, 5.41) is 0. The molecular formula is C10H20O2Si. The molecule has 3 heteroatoms. The van der Waals surface area contributed by atoms with Crippen LogP contribution in [0.5, 0.6) is 0 Å². The van der Waals surface area contributed by atoms with Gasteiger partial charge in [0.1, 0.15) is 0 Å². The Morgan fingerprint density at radius 3 is 2.46 bits per heavy atom. The maximum absolute atomic E-state index is 5.50. The van der Waals surface area contributed by atoms with E-state index in [1.165, 1.54) is 0 Å². The summed E-state index contributed by atoms with van der Waals surface area (Å²) in [5.74, 6) is 0. The minimum absolute atomic E-state index is 0.0458. The molecule has 0 amide bonds. The van der Waals surface area contributed by atoms with Gasteiger partial charge in [0.05, 0.1) is 18.8 Å². The molecule has 0 bridgehead atoms. The Morgan fingerprint density at radius 2 is 1.92 bits per heavy atom. The van der Waals surface area contributed by atoms with Crippen molar-refractivity contribution in [2.75, 3.05) is 13.2 Å². The first-order valence-electron chi connectivity index (χ1n) is 4.66. The third-order valence-corrected chi connectivity index (χ3v) is 2.07. The monoisotopic (exact) mass is 200 g/mol. The molecular weight excluding hydrogens is 180 g/mol. The highest BCUT2D eigenvalue weighted by Gasteiger charge is 2.08. The van der Waals surface area contributed by atoms with Crippen LogP contribution in [0.2, 0.25) is 6.04 Å². The largest absolute Gasteiger partial charge is 0.415 e. The summed E-state index contributed by atoms with van der Waals surface area (Å²) in [5.41, 5.74) is -0.0458. The lowest BCUT2D eigenvalue weighted by molar-refractivity contribution is -0.0160. The lowest BCUT2D eigenvalue weighted by Crippen LogP contribution is -2.22. The number of rotatable bonds is 6. The van der Waals surface area contributed by atoms with Crippen molar-refractivity contribution in [1.82, 2.24) is 0 Å². The number of hydrogen-bond donors (Lipinski definition) is 0. The molecule has 2 nitrogen and oxygen atoms in total. The van der Waals surface area contributed by atoms with Gasteiger partial charge in [-0.3, -0.25) is 0 Å². The molecule has 0 aliphatic heterocycles. The fourth-order valence-corrected chi connectivity index (χ4v) is 1.36. The Labute approximate surface area is 84.3 Å². The first-order chi connectivity index (χ1) is 6.06. The van der Waals surface area contributed by atoms with Crippen molar-refractivity contribution < 1.29 is 9.16 Å². The van der Waals surface area contributed by atoms with Crippen LogP contribution in [-0.4, -0.2) is 28.6 Å². The summed E-state index contributed by atoms with van der Waals surface area (Å²) in [6.07, 6.45) is 4.16. The third-order valence-electron chi connectivity index (χ3n) is 1.26. The van der Waals surface area contributed by atoms with Crippen LogP contribution in [0.3, 0.4) is 0 Å². The first kappa shape index (κ1) is 12.9. The SMILES string of the molecule is C/C=C/C[Si]OCCOC(C)(C)C.